The molecular weight excluding hydrogens is 773 g/mol. The van der Waals surface area contributed by atoms with E-state index in [1.807, 2.05) is 30.3 Å². The van der Waals surface area contributed by atoms with Gasteiger partial charge in [-0.25, -0.2) is 9.59 Å². The molecule has 1 saturated heterocycles. The van der Waals surface area contributed by atoms with Gasteiger partial charge in [-0.1, -0.05) is 211 Å². The minimum atomic E-state index is -1.55. The summed E-state index contributed by atoms with van der Waals surface area (Å²) >= 11 is 0. The van der Waals surface area contributed by atoms with Crippen LogP contribution < -0.4 is 16.0 Å². The van der Waals surface area contributed by atoms with Crippen LogP contribution in [0.5, 0.6) is 0 Å². The lowest BCUT2D eigenvalue weighted by molar-refractivity contribution is -0.224. The topological polar surface area (TPSA) is 170 Å². The summed E-state index contributed by atoms with van der Waals surface area (Å²) in [6.45, 7) is 4.25. The smallest absolute Gasteiger partial charge is 0.407 e. The highest BCUT2D eigenvalue weighted by Crippen LogP contribution is 2.25. The number of rotatable bonds is 37. The van der Waals surface area contributed by atoms with E-state index in [2.05, 4.69) is 29.8 Å². The summed E-state index contributed by atoms with van der Waals surface area (Å²) in [7, 11) is 0. The van der Waals surface area contributed by atoms with Crippen LogP contribution in [0.25, 0.3) is 0 Å². The number of unbranched alkanes of at least 4 members (excludes halogenated alkanes) is 26. The number of hydrogen-bond donors (Lipinski definition) is 6. The van der Waals surface area contributed by atoms with Gasteiger partial charge in [-0.2, -0.15) is 0 Å². The van der Waals surface area contributed by atoms with Crippen molar-refractivity contribution in [1.29, 1.82) is 0 Å². The molecule has 1 aromatic carbocycles. The van der Waals surface area contributed by atoms with E-state index in [1.165, 1.54) is 140 Å². The highest BCUT2D eigenvalue weighted by atomic mass is 16.6. The number of hydrogen-bond acceptors (Lipinski definition) is 8. The predicted molar refractivity (Wildman–Crippen MR) is 245 cm³/mol. The molecule has 1 fully saturated rings. The first kappa shape index (κ1) is 54.2. The Morgan fingerprint density at radius 3 is 1.56 bits per heavy atom. The summed E-state index contributed by atoms with van der Waals surface area (Å²) in [5.41, 5.74) is 0.793. The van der Waals surface area contributed by atoms with Crippen LogP contribution in [0.15, 0.2) is 30.3 Å². The predicted octanol–water partition coefficient (Wildman–Crippen LogP) is 9.81. The molecule has 0 aliphatic carbocycles. The van der Waals surface area contributed by atoms with Gasteiger partial charge in [0.15, 0.2) is 6.23 Å². The first-order valence-electron chi connectivity index (χ1n) is 24.7. The number of aliphatic hydroxyl groups is 3. The third-order valence-electron chi connectivity index (χ3n) is 12.0. The number of ether oxygens (including phenoxy) is 2. The van der Waals surface area contributed by atoms with Crippen LogP contribution in [-0.4, -0.2) is 95.1 Å². The minimum Gasteiger partial charge on any atom is -0.445 e. The van der Waals surface area contributed by atoms with Crippen molar-refractivity contribution in [3.63, 3.8) is 0 Å². The van der Waals surface area contributed by atoms with E-state index in [1.54, 1.807) is 0 Å². The molecule has 0 radical (unpaired) electrons. The van der Waals surface area contributed by atoms with Gasteiger partial charge >= 0.3 is 12.1 Å². The SMILES string of the molecule is CCCCCCCCCCCCCCCCCCN(C(=O)NCCCCCCCCCCCCCC)[C@@H]1O[C@H](CO)[C@@H](O)[C@H](O)[C@H]1NC(=O)CNC(=O)OCc1ccccc1. The molecule has 1 aliphatic rings. The third-order valence-corrected chi connectivity index (χ3v) is 12.0. The Bertz CT molecular complexity index is 1230. The summed E-state index contributed by atoms with van der Waals surface area (Å²) in [6, 6.07) is 7.53. The number of benzene rings is 1. The average Bonchev–Trinajstić information content (AvgIpc) is 3.27. The first-order valence-corrected chi connectivity index (χ1v) is 24.7. The Morgan fingerprint density at radius 2 is 1.08 bits per heavy atom. The molecule has 4 amide bonds. The van der Waals surface area contributed by atoms with Crippen molar-refractivity contribution in [3.8, 4) is 0 Å². The van der Waals surface area contributed by atoms with Crippen molar-refractivity contribution in [2.75, 3.05) is 26.2 Å². The second-order valence-electron chi connectivity index (χ2n) is 17.4. The lowest BCUT2D eigenvalue weighted by Crippen LogP contribution is -2.70. The van der Waals surface area contributed by atoms with Crippen LogP contribution in [0.2, 0.25) is 0 Å². The third kappa shape index (κ3) is 25.7. The van der Waals surface area contributed by atoms with Crippen LogP contribution >= 0.6 is 0 Å². The zero-order valence-electron chi connectivity index (χ0n) is 38.4. The zero-order valence-corrected chi connectivity index (χ0v) is 38.4. The van der Waals surface area contributed by atoms with E-state index in [0.717, 1.165) is 44.1 Å². The molecule has 1 aromatic rings. The Balaban J connectivity index is 1.90. The van der Waals surface area contributed by atoms with E-state index in [-0.39, 0.29) is 6.61 Å². The van der Waals surface area contributed by atoms with Gasteiger partial charge in [-0.15, -0.1) is 0 Å². The molecule has 0 bridgehead atoms. The maximum Gasteiger partial charge on any atom is 0.407 e. The standard InChI is InChI=1S/C49H88N4O8/c1-3-5-7-9-11-13-15-17-18-19-20-22-24-26-28-33-37-53(48(58)50-36-32-27-25-23-21-16-14-12-10-8-6-4-2)47-44(46(57)45(56)42(39-54)61-47)52-43(55)38-51-49(59)60-40-41-34-30-29-31-35-41/h29-31,34-35,42,44-47,54,56-57H,3-28,32-33,36-40H2,1-2H3,(H,50,58)(H,51,59)(H,52,55)/t42-,44-,45-,46-,47-/m1/s1. The van der Waals surface area contributed by atoms with Crippen molar-refractivity contribution < 1.29 is 39.2 Å². The Hall–Kier alpha value is -2.93. The highest BCUT2D eigenvalue weighted by Gasteiger charge is 2.48. The van der Waals surface area contributed by atoms with Gasteiger partial charge < -0.3 is 40.7 Å². The Labute approximate surface area is 370 Å². The van der Waals surface area contributed by atoms with Gasteiger partial charge in [0, 0.05) is 13.1 Å². The molecule has 352 valence electrons. The van der Waals surface area contributed by atoms with Crippen LogP contribution in [0.4, 0.5) is 9.59 Å². The summed E-state index contributed by atoms with van der Waals surface area (Å²) in [6.07, 6.45) is 27.9. The van der Waals surface area contributed by atoms with Crippen LogP contribution in [0, 0.1) is 0 Å². The summed E-state index contributed by atoms with van der Waals surface area (Å²) < 4.78 is 11.3. The summed E-state index contributed by atoms with van der Waals surface area (Å²) in [4.78, 5) is 40.9. The fraction of sp³-hybridized carbons (Fsp3) is 0.816. The second kappa shape index (κ2) is 36.5. The highest BCUT2D eigenvalue weighted by molar-refractivity contribution is 5.82. The normalized spacial score (nSPS) is 18.7. The number of nitrogens with zero attached hydrogens (tertiary/aromatic N) is 1. The van der Waals surface area contributed by atoms with Crippen LogP contribution in [-0.2, 0) is 20.9 Å². The molecule has 12 heteroatoms. The molecule has 1 heterocycles. The summed E-state index contributed by atoms with van der Waals surface area (Å²) in [5, 5.41) is 40.3. The van der Waals surface area contributed by atoms with Gasteiger partial charge in [-0.05, 0) is 18.4 Å². The number of alkyl carbamates (subject to hydrolysis) is 1. The van der Waals surface area contributed by atoms with Gasteiger partial charge in [0.05, 0.1) is 6.61 Å². The number of carbonyl (C=O) groups is 3. The van der Waals surface area contributed by atoms with Crippen molar-refractivity contribution in [3.05, 3.63) is 35.9 Å². The number of nitrogens with one attached hydrogen (secondary N) is 3. The molecule has 0 aromatic heterocycles. The van der Waals surface area contributed by atoms with E-state index < -0.39 is 61.8 Å². The molecule has 5 atom stereocenters. The largest absolute Gasteiger partial charge is 0.445 e. The van der Waals surface area contributed by atoms with Crippen molar-refractivity contribution >= 4 is 18.0 Å². The minimum absolute atomic E-state index is 0.0307. The van der Waals surface area contributed by atoms with Crippen LogP contribution in [0.1, 0.15) is 199 Å². The molecule has 12 nitrogen and oxygen atoms in total. The molecule has 6 N–H and O–H groups in total. The van der Waals surface area contributed by atoms with Gasteiger partial charge in [0.25, 0.3) is 0 Å². The average molecular weight is 861 g/mol. The van der Waals surface area contributed by atoms with Crippen molar-refractivity contribution in [2.45, 2.75) is 231 Å². The monoisotopic (exact) mass is 861 g/mol. The molecule has 2 rings (SSSR count). The van der Waals surface area contributed by atoms with E-state index in [9.17, 15) is 29.7 Å². The number of carbonyl (C=O) groups excluding carboxylic acids is 3. The van der Waals surface area contributed by atoms with Crippen molar-refractivity contribution in [1.82, 2.24) is 20.9 Å². The summed E-state index contributed by atoms with van der Waals surface area (Å²) in [5.74, 6) is -0.664. The molecule has 61 heavy (non-hydrogen) atoms. The van der Waals surface area contributed by atoms with Crippen LogP contribution in [0.3, 0.4) is 0 Å². The van der Waals surface area contributed by atoms with E-state index in [4.69, 9.17) is 9.47 Å². The van der Waals surface area contributed by atoms with Crippen molar-refractivity contribution in [2.24, 2.45) is 0 Å². The Kier molecular flexibility index (Phi) is 32.5. The fourth-order valence-electron chi connectivity index (χ4n) is 8.12. The van der Waals surface area contributed by atoms with E-state index in [0.29, 0.717) is 19.5 Å². The maximum atomic E-state index is 13.9. The van der Waals surface area contributed by atoms with Gasteiger partial charge in [0.1, 0.15) is 37.5 Å². The lowest BCUT2D eigenvalue weighted by Gasteiger charge is -2.46. The van der Waals surface area contributed by atoms with E-state index >= 15 is 0 Å². The quantitative estimate of drug-likeness (QED) is 0.0359. The molecule has 0 unspecified atom stereocenters. The lowest BCUT2D eigenvalue weighted by atomic mass is 9.95. The Morgan fingerprint density at radius 1 is 0.623 bits per heavy atom. The first-order chi connectivity index (χ1) is 29.8. The molecular formula is C49H88N4O8. The molecule has 0 spiro atoms. The molecule has 0 saturated carbocycles. The molecule has 1 aliphatic heterocycles. The van der Waals surface area contributed by atoms with Gasteiger partial charge in [-0.3, -0.25) is 9.69 Å². The number of aliphatic hydroxyl groups excluding tert-OH is 3. The fourth-order valence-corrected chi connectivity index (χ4v) is 8.12. The van der Waals surface area contributed by atoms with Gasteiger partial charge in [0.2, 0.25) is 5.91 Å². The number of amides is 4. The second-order valence-corrected chi connectivity index (χ2v) is 17.4. The maximum absolute atomic E-state index is 13.9. The zero-order chi connectivity index (χ0) is 44.2. The number of urea groups is 1.